The fourth-order valence-corrected chi connectivity index (χ4v) is 1.67. The van der Waals surface area contributed by atoms with Gasteiger partial charge < -0.3 is 15.4 Å². The van der Waals surface area contributed by atoms with Crippen molar-refractivity contribution in [2.24, 2.45) is 7.05 Å². The van der Waals surface area contributed by atoms with Crippen molar-refractivity contribution in [2.75, 3.05) is 5.73 Å². The number of fused-ring (bicyclic) bond motifs is 1. The number of nitrogens with two attached hydrogens (primary N) is 1. The van der Waals surface area contributed by atoms with Crippen molar-refractivity contribution in [1.82, 2.24) is 4.57 Å². The molecule has 5 heteroatoms. The molecule has 0 amide bonds. The second-order valence-electron chi connectivity index (χ2n) is 3.51. The Balaban J connectivity index is 3.00. The van der Waals surface area contributed by atoms with Gasteiger partial charge in [0.15, 0.2) is 0 Å². The summed E-state index contributed by atoms with van der Waals surface area (Å²) in [5, 5.41) is 9.46. The number of pyridine rings is 1. The number of nitrogen functional groups attached to an aromatic ring is 1. The lowest BCUT2D eigenvalue weighted by Crippen LogP contribution is -2.24. The Morgan fingerprint density at radius 1 is 1.44 bits per heavy atom. The van der Waals surface area contributed by atoms with Gasteiger partial charge in [0.1, 0.15) is 5.56 Å². The molecule has 3 N–H and O–H groups in total. The fourth-order valence-electron chi connectivity index (χ4n) is 1.67. The van der Waals surface area contributed by atoms with Crippen molar-refractivity contribution in [3.8, 4) is 0 Å². The Hall–Kier alpha value is -2.30. The molecule has 1 aromatic carbocycles. The van der Waals surface area contributed by atoms with E-state index in [2.05, 4.69) is 0 Å². The predicted octanol–water partition coefficient (Wildman–Crippen LogP) is 0.819. The van der Waals surface area contributed by atoms with Crippen LogP contribution in [0.5, 0.6) is 0 Å². The summed E-state index contributed by atoms with van der Waals surface area (Å²) in [5.41, 5.74) is 6.00. The molecule has 5 nitrogen and oxygen atoms in total. The number of rotatable bonds is 1. The van der Waals surface area contributed by atoms with E-state index in [0.717, 1.165) is 0 Å². The zero-order valence-electron chi connectivity index (χ0n) is 8.60. The molecule has 82 valence electrons. The van der Waals surface area contributed by atoms with Crippen LogP contribution >= 0.6 is 0 Å². The molecule has 0 fully saturated rings. The van der Waals surface area contributed by atoms with Crippen LogP contribution in [-0.2, 0) is 7.05 Å². The lowest BCUT2D eigenvalue weighted by molar-refractivity contribution is 0.0694. The smallest absolute Gasteiger partial charge is 0.341 e. The van der Waals surface area contributed by atoms with E-state index >= 15 is 0 Å². The Labute approximate surface area is 90.7 Å². The first-order valence-corrected chi connectivity index (χ1v) is 4.64. The van der Waals surface area contributed by atoms with Crippen molar-refractivity contribution >= 4 is 22.6 Å². The molecule has 1 heterocycles. The molecule has 2 aromatic rings. The van der Waals surface area contributed by atoms with Crippen molar-refractivity contribution in [1.29, 1.82) is 0 Å². The molecule has 0 radical (unpaired) electrons. The minimum atomic E-state index is -1.24. The van der Waals surface area contributed by atoms with Crippen LogP contribution in [0.3, 0.4) is 0 Å². The van der Waals surface area contributed by atoms with Crippen LogP contribution in [0.2, 0.25) is 0 Å². The largest absolute Gasteiger partial charge is 0.477 e. The number of carboxylic acids is 1. The maximum Gasteiger partial charge on any atom is 0.341 e. The third kappa shape index (κ3) is 1.33. The highest BCUT2D eigenvalue weighted by Crippen LogP contribution is 2.19. The minimum absolute atomic E-state index is 0.270. The lowest BCUT2D eigenvalue weighted by atomic mass is 10.1. The summed E-state index contributed by atoms with van der Waals surface area (Å²) >= 11 is 0. The highest BCUT2D eigenvalue weighted by molar-refractivity contribution is 5.97. The normalized spacial score (nSPS) is 10.6. The van der Waals surface area contributed by atoms with E-state index in [0.29, 0.717) is 16.6 Å². The summed E-state index contributed by atoms with van der Waals surface area (Å²) in [6.45, 7) is 0. The van der Waals surface area contributed by atoms with Gasteiger partial charge in [-0.1, -0.05) is 6.07 Å². The SMILES string of the molecule is Cn1c(=O)c(C(=O)O)cc2c(N)cccc21. The molecular formula is C11H10N2O3. The van der Waals surface area contributed by atoms with Crippen molar-refractivity contribution in [3.63, 3.8) is 0 Å². The highest BCUT2D eigenvalue weighted by atomic mass is 16.4. The van der Waals surface area contributed by atoms with Crippen LogP contribution in [0.1, 0.15) is 10.4 Å². The van der Waals surface area contributed by atoms with E-state index in [1.807, 2.05) is 0 Å². The van der Waals surface area contributed by atoms with Crippen molar-refractivity contribution in [2.45, 2.75) is 0 Å². The molecule has 0 spiro atoms. The fraction of sp³-hybridized carbons (Fsp3) is 0.0909. The van der Waals surface area contributed by atoms with Crippen LogP contribution in [0, 0.1) is 0 Å². The number of anilines is 1. The Morgan fingerprint density at radius 2 is 2.12 bits per heavy atom. The number of hydrogen-bond donors (Lipinski definition) is 2. The summed E-state index contributed by atoms with van der Waals surface area (Å²) in [4.78, 5) is 22.6. The molecule has 0 aliphatic heterocycles. The monoisotopic (exact) mass is 218 g/mol. The number of aromatic nitrogens is 1. The first-order chi connectivity index (χ1) is 7.52. The first kappa shape index (κ1) is 10.2. The third-order valence-electron chi connectivity index (χ3n) is 2.53. The van der Waals surface area contributed by atoms with Gasteiger partial charge in [-0.3, -0.25) is 4.79 Å². The number of nitrogens with zero attached hydrogens (tertiary/aromatic N) is 1. The van der Waals surface area contributed by atoms with Crippen molar-refractivity contribution in [3.05, 3.63) is 40.2 Å². The number of carboxylic acid groups (broad SMARTS) is 1. The zero-order chi connectivity index (χ0) is 11.9. The highest BCUT2D eigenvalue weighted by Gasteiger charge is 2.13. The molecule has 2 rings (SSSR count). The molecule has 0 aliphatic rings. The molecule has 0 bridgehead atoms. The van der Waals surface area contributed by atoms with Gasteiger partial charge in [-0.05, 0) is 18.2 Å². The molecular weight excluding hydrogens is 208 g/mol. The van der Waals surface area contributed by atoms with Gasteiger partial charge in [-0.25, -0.2) is 4.79 Å². The van der Waals surface area contributed by atoms with E-state index < -0.39 is 11.5 Å². The summed E-state index contributed by atoms with van der Waals surface area (Å²) in [6.07, 6.45) is 0. The maximum absolute atomic E-state index is 11.7. The zero-order valence-corrected chi connectivity index (χ0v) is 8.60. The molecule has 1 aromatic heterocycles. The molecule has 0 unspecified atom stereocenters. The lowest BCUT2D eigenvalue weighted by Gasteiger charge is -2.08. The van der Waals surface area contributed by atoms with E-state index in [4.69, 9.17) is 10.8 Å². The maximum atomic E-state index is 11.7. The van der Waals surface area contributed by atoms with Gasteiger partial charge in [0.2, 0.25) is 0 Å². The molecule has 0 saturated carbocycles. The number of benzene rings is 1. The molecule has 0 aliphatic carbocycles. The molecule has 0 saturated heterocycles. The van der Waals surface area contributed by atoms with E-state index in [1.165, 1.54) is 17.7 Å². The van der Waals surface area contributed by atoms with Crippen LogP contribution in [0.4, 0.5) is 5.69 Å². The van der Waals surface area contributed by atoms with Crippen molar-refractivity contribution < 1.29 is 9.90 Å². The Bertz CT molecular complexity index is 643. The quantitative estimate of drug-likeness (QED) is 0.694. The van der Waals surface area contributed by atoms with E-state index in [-0.39, 0.29) is 5.56 Å². The summed E-state index contributed by atoms with van der Waals surface area (Å²) in [5.74, 6) is -1.24. The minimum Gasteiger partial charge on any atom is -0.477 e. The summed E-state index contributed by atoms with van der Waals surface area (Å²) in [6, 6.07) is 6.42. The average molecular weight is 218 g/mol. The molecule has 16 heavy (non-hydrogen) atoms. The van der Waals surface area contributed by atoms with E-state index in [9.17, 15) is 9.59 Å². The third-order valence-corrected chi connectivity index (χ3v) is 2.53. The van der Waals surface area contributed by atoms with Gasteiger partial charge in [-0.2, -0.15) is 0 Å². The summed E-state index contributed by atoms with van der Waals surface area (Å²) in [7, 11) is 1.52. The van der Waals surface area contributed by atoms with Gasteiger partial charge in [0.05, 0.1) is 5.52 Å². The topological polar surface area (TPSA) is 85.3 Å². The van der Waals surface area contributed by atoms with Gasteiger partial charge in [-0.15, -0.1) is 0 Å². The number of aromatic carboxylic acids is 1. The molecule has 0 atom stereocenters. The van der Waals surface area contributed by atoms with Gasteiger partial charge in [0.25, 0.3) is 5.56 Å². The van der Waals surface area contributed by atoms with Crippen LogP contribution in [-0.4, -0.2) is 15.6 Å². The Morgan fingerprint density at radius 3 is 2.75 bits per heavy atom. The number of hydrogen-bond acceptors (Lipinski definition) is 3. The number of aryl methyl sites for hydroxylation is 1. The standard InChI is InChI=1S/C11H10N2O3/c1-13-9-4-2-3-8(12)6(9)5-7(10(13)14)11(15)16/h2-5H,12H2,1H3,(H,15,16). The van der Waals surface area contributed by atoms with Crippen LogP contribution in [0.15, 0.2) is 29.1 Å². The number of carbonyl (C=O) groups is 1. The predicted molar refractivity (Wildman–Crippen MR) is 60.6 cm³/mol. The Kier molecular flexibility index (Phi) is 2.16. The first-order valence-electron chi connectivity index (χ1n) is 4.64. The van der Waals surface area contributed by atoms with Gasteiger partial charge in [0, 0.05) is 18.1 Å². The van der Waals surface area contributed by atoms with E-state index in [1.54, 1.807) is 18.2 Å². The van der Waals surface area contributed by atoms with Crippen LogP contribution < -0.4 is 11.3 Å². The summed E-state index contributed by atoms with van der Waals surface area (Å²) < 4.78 is 1.29. The van der Waals surface area contributed by atoms with Crippen LogP contribution in [0.25, 0.3) is 10.9 Å². The second-order valence-corrected chi connectivity index (χ2v) is 3.51. The second kappa shape index (κ2) is 3.37. The average Bonchev–Trinajstić information content (AvgIpc) is 2.23. The van der Waals surface area contributed by atoms with Gasteiger partial charge >= 0.3 is 5.97 Å².